The van der Waals surface area contributed by atoms with Crippen LogP contribution in [0.3, 0.4) is 0 Å². The molecule has 13 heavy (non-hydrogen) atoms. The Labute approximate surface area is 75.8 Å². The molecule has 0 saturated carbocycles. The van der Waals surface area contributed by atoms with Crippen LogP contribution in [-0.2, 0) is 15.0 Å². The van der Waals surface area contributed by atoms with Crippen molar-refractivity contribution in [3.8, 4) is 0 Å². The van der Waals surface area contributed by atoms with E-state index in [4.69, 9.17) is 10.4 Å². The van der Waals surface area contributed by atoms with Gasteiger partial charge in [0.1, 0.15) is 0 Å². The zero-order chi connectivity index (χ0) is 9.90. The lowest BCUT2D eigenvalue weighted by Crippen LogP contribution is -2.18. The van der Waals surface area contributed by atoms with Gasteiger partial charge in [0.05, 0.1) is 0 Å². The summed E-state index contributed by atoms with van der Waals surface area (Å²) in [5.41, 5.74) is -1.24. The van der Waals surface area contributed by atoms with E-state index in [0.717, 1.165) is 0 Å². The van der Waals surface area contributed by atoms with Gasteiger partial charge in [0.15, 0.2) is 0 Å². The van der Waals surface area contributed by atoms with Crippen LogP contribution in [0, 0.1) is 0 Å². The summed E-state index contributed by atoms with van der Waals surface area (Å²) in [5.74, 6) is 4.75. The van der Waals surface area contributed by atoms with E-state index in [1.807, 2.05) is 0 Å². The van der Waals surface area contributed by atoms with E-state index < -0.39 is 15.6 Å². The van der Waals surface area contributed by atoms with Crippen molar-refractivity contribution in [2.24, 2.45) is 5.90 Å². The quantitative estimate of drug-likeness (QED) is 0.550. The molecule has 0 amide bonds. The molecule has 6 heteroatoms. The van der Waals surface area contributed by atoms with Crippen LogP contribution in [0.25, 0.3) is 0 Å². The first-order valence-corrected chi connectivity index (χ1v) is 4.93. The van der Waals surface area contributed by atoms with Crippen molar-refractivity contribution in [2.75, 3.05) is 0 Å². The summed E-state index contributed by atoms with van der Waals surface area (Å²) >= 11 is 0. The molecule has 0 heterocycles. The van der Waals surface area contributed by atoms with E-state index in [2.05, 4.69) is 4.84 Å². The topological polar surface area (TPSA) is 89.6 Å². The molecule has 0 aromatic heterocycles. The standard InChI is InChI=1S/C7H9NO4S/c8-12-7(13(9,10)11)6-4-2-1-3-5-6/h1-5,7H,8H2,(H,9,10,11). The monoisotopic (exact) mass is 203 g/mol. The molecular weight excluding hydrogens is 194 g/mol. The fourth-order valence-corrected chi connectivity index (χ4v) is 1.57. The van der Waals surface area contributed by atoms with Gasteiger partial charge in [-0.1, -0.05) is 30.3 Å². The van der Waals surface area contributed by atoms with E-state index in [-0.39, 0.29) is 5.56 Å². The van der Waals surface area contributed by atoms with E-state index in [1.54, 1.807) is 18.2 Å². The van der Waals surface area contributed by atoms with Crippen LogP contribution in [0.5, 0.6) is 0 Å². The van der Waals surface area contributed by atoms with E-state index in [9.17, 15) is 8.42 Å². The number of nitrogens with two attached hydrogens (primary N) is 1. The SMILES string of the molecule is NOC(c1ccccc1)S(=O)(=O)O. The van der Waals surface area contributed by atoms with Crippen molar-refractivity contribution >= 4 is 10.1 Å². The molecule has 1 aromatic carbocycles. The van der Waals surface area contributed by atoms with Gasteiger partial charge in [-0.3, -0.25) is 9.39 Å². The maximum atomic E-state index is 10.7. The predicted octanol–water partition coefficient (Wildman–Crippen LogP) is 0.463. The minimum absolute atomic E-state index is 0.285. The second-order valence-electron chi connectivity index (χ2n) is 2.39. The molecule has 1 unspecified atom stereocenters. The third kappa shape index (κ3) is 2.49. The Morgan fingerprint density at radius 3 is 2.23 bits per heavy atom. The summed E-state index contributed by atoms with van der Waals surface area (Å²) < 4.78 is 30.1. The Hall–Kier alpha value is -0.950. The number of rotatable bonds is 3. The minimum atomic E-state index is -4.32. The van der Waals surface area contributed by atoms with Gasteiger partial charge in [-0.05, 0) is 0 Å². The highest BCUT2D eigenvalue weighted by Gasteiger charge is 2.24. The lowest BCUT2D eigenvalue weighted by atomic mass is 10.2. The van der Waals surface area contributed by atoms with Crippen molar-refractivity contribution in [1.82, 2.24) is 0 Å². The third-order valence-corrected chi connectivity index (χ3v) is 2.39. The van der Waals surface area contributed by atoms with Crippen LogP contribution in [0.1, 0.15) is 11.0 Å². The van der Waals surface area contributed by atoms with Gasteiger partial charge >= 0.3 is 0 Å². The van der Waals surface area contributed by atoms with Crippen LogP contribution < -0.4 is 5.90 Å². The first kappa shape index (κ1) is 10.1. The van der Waals surface area contributed by atoms with Gasteiger partial charge in [0.25, 0.3) is 10.1 Å². The van der Waals surface area contributed by atoms with Crippen molar-refractivity contribution in [3.63, 3.8) is 0 Å². The van der Waals surface area contributed by atoms with Crippen LogP contribution in [0.4, 0.5) is 0 Å². The fourth-order valence-electron chi connectivity index (χ4n) is 0.931. The van der Waals surface area contributed by atoms with Crippen LogP contribution in [0.2, 0.25) is 0 Å². The van der Waals surface area contributed by atoms with Gasteiger partial charge in [-0.2, -0.15) is 8.42 Å². The summed E-state index contributed by atoms with van der Waals surface area (Å²) in [6.07, 6.45) is 0. The molecule has 0 aliphatic rings. The highest BCUT2D eigenvalue weighted by atomic mass is 32.2. The molecule has 1 atom stereocenters. The molecule has 0 spiro atoms. The third-order valence-electron chi connectivity index (χ3n) is 1.47. The Balaban J connectivity index is 3.06. The van der Waals surface area contributed by atoms with Gasteiger partial charge in [0, 0.05) is 5.56 Å². The first-order valence-electron chi connectivity index (χ1n) is 3.42. The lowest BCUT2D eigenvalue weighted by molar-refractivity contribution is 0.101. The van der Waals surface area contributed by atoms with E-state index in [1.165, 1.54) is 12.1 Å². The van der Waals surface area contributed by atoms with Gasteiger partial charge in [-0.25, -0.2) is 5.90 Å². The second-order valence-corrected chi connectivity index (χ2v) is 3.85. The molecular formula is C7H9NO4S. The molecule has 0 radical (unpaired) electrons. The maximum absolute atomic E-state index is 10.7. The molecule has 0 bridgehead atoms. The first-order chi connectivity index (χ1) is 6.05. The second kappa shape index (κ2) is 3.84. The normalized spacial score (nSPS) is 14.0. The highest BCUT2D eigenvalue weighted by Crippen LogP contribution is 2.20. The van der Waals surface area contributed by atoms with Gasteiger partial charge in [0.2, 0.25) is 5.44 Å². The summed E-state index contributed by atoms with van der Waals surface area (Å²) in [6.45, 7) is 0. The fraction of sp³-hybridized carbons (Fsp3) is 0.143. The number of hydrogen-bond acceptors (Lipinski definition) is 4. The van der Waals surface area contributed by atoms with Gasteiger partial charge < -0.3 is 0 Å². The van der Waals surface area contributed by atoms with E-state index in [0.29, 0.717) is 0 Å². The largest absolute Gasteiger partial charge is 0.298 e. The summed E-state index contributed by atoms with van der Waals surface area (Å²) in [5, 5.41) is 0. The summed E-state index contributed by atoms with van der Waals surface area (Å²) in [7, 11) is -4.32. The molecule has 0 saturated heterocycles. The molecule has 0 fully saturated rings. The molecule has 1 aromatic rings. The summed E-state index contributed by atoms with van der Waals surface area (Å²) in [6, 6.07) is 7.93. The zero-order valence-corrected chi connectivity index (χ0v) is 7.44. The van der Waals surface area contributed by atoms with Crippen molar-refractivity contribution in [2.45, 2.75) is 5.44 Å². The average molecular weight is 203 g/mol. The number of benzene rings is 1. The van der Waals surface area contributed by atoms with Crippen LogP contribution in [-0.4, -0.2) is 13.0 Å². The minimum Gasteiger partial charge on any atom is -0.283 e. The van der Waals surface area contributed by atoms with Crippen LogP contribution >= 0.6 is 0 Å². The number of hydrogen-bond donors (Lipinski definition) is 2. The zero-order valence-electron chi connectivity index (χ0n) is 6.62. The van der Waals surface area contributed by atoms with E-state index >= 15 is 0 Å². The van der Waals surface area contributed by atoms with Crippen LogP contribution in [0.15, 0.2) is 30.3 Å². The Kier molecular flexibility index (Phi) is 2.99. The Bertz CT molecular complexity index is 361. The highest BCUT2D eigenvalue weighted by molar-refractivity contribution is 7.85. The lowest BCUT2D eigenvalue weighted by Gasteiger charge is -2.10. The molecule has 0 aliphatic carbocycles. The average Bonchev–Trinajstić information content (AvgIpc) is 2.05. The van der Waals surface area contributed by atoms with Crippen molar-refractivity contribution in [1.29, 1.82) is 0 Å². The molecule has 3 N–H and O–H groups in total. The molecule has 1 rings (SSSR count). The Morgan fingerprint density at radius 1 is 1.31 bits per heavy atom. The van der Waals surface area contributed by atoms with Crippen molar-refractivity contribution in [3.05, 3.63) is 35.9 Å². The maximum Gasteiger partial charge on any atom is 0.298 e. The van der Waals surface area contributed by atoms with Crippen molar-refractivity contribution < 1.29 is 17.8 Å². The molecule has 72 valence electrons. The predicted molar refractivity (Wildman–Crippen MR) is 46.0 cm³/mol. The Morgan fingerprint density at radius 2 is 1.85 bits per heavy atom. The summed E-state index contributed by atoms with van der Waals surface area (Å²) in [4.78, 5) is 4.16. The molecule has 0 aliphatic heterocycles. The molecule has 5 nitrogen and oxygen atoms in total. The smallest absolute Gasteiger partial charge is 0.283 e. The van der Waals surface area contributed by atoms with Gasteiger partial charge in [-0.15, -0.1) is 0 Å².